The van der Waals surface area contributed by atoms with E-state index in [0.29, 0.717) is 31.6 Å². The molecular formula is C16H21N3O4S. The fraction of sp³-hybridized carbons (Fsp3) is 0.375. The maximum atomic E-state index is 12.1. The SMILES string of the molecule is CS(=O)(=O)Nc1ccc(/C=C/C(=O)N2CCC(C(N)=O)CC2)cc1. The number of hydrogen-bond acceptors (Lipinski definition) is 4. The van der Waals surface area contributed by atoms with Crippen molar-refractivity contribution in [2.75, 3.05) is 24.1 Å². The molecule has 0 saturated carbocycles. The average Bonchev–Trinajstić information content (AvgIpc) is 2.52. The third-order valence-electron chi connectivity index (χ3n) is 3.84. The number of anilines is 1. The van der Waals surface area contributed by atoms with Crippen molar-refractivity contribution in [3.8, 4) is 0 Å². The minimum atomic E-state index is -3.30. The van der Waals surface area contributed by atoms with Crippen LogP contribution < -0.4 is 10.5 Å². The fourth-order valence-electron chi connectivity index (χ4n) is 2.53. The summed E-state index contributed by atoms with van der Waals surface area (Å²) >= 11 is 0. The number of carbonyl (C=O) groups excluding carboxylic acids is 2. The Hall–Kier alpha value is -2.35. The lowest BCUT2D eigenvalue weighted by atomic mass is 9.96. The highest BCUT2D eigenvalue weighted by atomic mass is 32.2. The monoisotopic (exact) mass is 351 g/mol. The van der Waals surface area contributed by atoms with Gasteiger partial charge in [0.2, 0.25) is 21.8 Å². The van der Waals surface area contributed by atoms with Crippen LogP contribution in [0, 0.1) is 5.92 Å². The highest BCUT2D eigenvalue weighted by Crippen LogP contribution is 2.17. The smallest absolute Gasteiger partial charge is 0.246 e. The molecule has 2 amide bonds. The number of sulfonamides is 1. The lowest BCUT2D eigenvalue weighted by Gasteiger charge is -2.29. The fourth-order valence-corrected chi connectivity index (χ4v) is 3.10. The number of nitrogens with two attached hydrogens (primary N) is 1. The summed E-state index contributed by atoms with van der Waals surface area (Å²) in [5.41, 5.74) is 6.53. The van der Waals surface area contributed by atoms with E-state index in [4.69, 9.17) is 5.73 Å². The Morgan fingerprint density at radius 2 is 1.79 bits per heavy atom. The molecule has 8 heteroatoms. The molecule has 1 saturated heterocycles. The molecule has 2 rings (SSSR count). The molecule has 0 radical (unpaired) electrons. The highest BCUT2D eigenvalue weighted by molar-refractivity contribution is 7.92. The molecule has 0 bridgehead atoms. The first kappa shape index (κ1) is 18.0. The normalized spacial score (nSPS) is 16.3. The van der Waals surface area contributed by atoms with Gasteiger partial charge < -0.3 is 10.6 Å². The van der Waals surface area contributed by atoms with Gasteiger partial charge in [-0.1, -0.05) is 12.1 Å². The van der Waals surface area contributed by atoms with Crippen LogP contribution in [-0.4, -0.2) is 44.5 Å². The number of primary amides is 1. The highest BCUT2D eigenvalue weighted by Gasteiger charge is 2.24. The molecule has 7 nitrogen and oxygen atoms in total. The molecule has 0 unspecified atom stereocenters. The van der Waals surface area contributed by atoms with Crippen LogP contribution in [0.2, 0.25) is 0 Å². The van der Waals surface area contributed by atoms with Crippen molar-refractivity contribution in [3.05, 3.63) is 35.9 Å². The number of amides is 2. The number of likely N-dealkylation sites (tertiary alicyclic amines) is 1. The minimum absolute atomic E-state index is 0.115. The molecule has 0 atom stereocenters. The Bertz CT molecular complexity index is 733. The molecule has 1 aromatic rings. The molecule has 130 valence electrons. The molecule has 3 N–H and O–H groups in total. The van der Waals surface area contributed by atoms with E-state index < -0.39 is 10.0 Å². The van der Waals surface area contributed by atoms with Crippen molar-refractivity contribution < 1.29 is 18.0 Å². The second kappa shape index (κ2) is 7.48. The predicted molar refractivity (Wildman–Crippen MR) is 92.4 cm³/mol. The van der Waals surface area contributed by atoms with Gasteiger partial charge >= 0.3 is 0 Å². The number of nitrogens with zero attached hydrogens (tertiary/aromatic N) is 1. The van der Waals surface area contributed by atoms with E-state index in [1.54, 1.807) is 35.2 Å². The molecule has 0 aromatic heterocycles. The molecule has 1 fully saturated rings. The van der Waals surface area contributed by atoms with Crippen molar-refractivity contribution in [3.63, 3.8) is 0 Å². The van der Waals surface area contributed by atoms with E-state index in [-0.39, 0.29) is 17.7 Å². The molecule has 0 aliphatic carbocycles. The van der Waals surface area contributed by atoms with Gasteiger partial charge in [0.05, 0.1) is 6.26 Å². The Morgan fingerprint density at radius 1 is 1.21 bits per heavy atom. The van der Waals surface area contributed by atoms with Gasteiger partial charge in [0.15, 0.2) is 0 Å². The lowest BCUT2D eigenvalue weighted by Crippen LogP contribution is -2.41. The van der Waals surface area contributed by atoms with Crippen molar-refractivity contribution in [1.29, 1.82) is 0 Å². The summed E-state index contributed by atoms with van der Waals surface area (Å²) in [7, 11) is -3.30. The Balaban J connectivity index is 1.91. The van der Waals surface area contributed by atoms with E-state index in [2.05, 4.69) is 4.72 Å². The Kier molecular flexibility index (Phi) is 5.61. The first-order valence-corrected chi connectivity index (χ1v) is 9.48. The molecule has 1 heterocycles. The van der Waals surface area contributed by atoms with Crippen molar-refractivity contribution >= 4 is 33.6 Å². The topological polar surface area (TPSA) is 110 Å². The van der Waals surface area contributed by atoms with Crippen molar-refractivity contribution in [1.82, 2.24) is 4.90 Å². The Morgan fingerprint density at radius 3 is 2.29 bits per heavy atom. The van der Waals surface area contributed by atoms with Crippen LogP contribution in [0.1, 0.15) is 18.4 Å². The van der Waals surface area contributed by atoms with Crippen LogP contribution in [0.4, 0.5) is 5.69 Å². The lowest BCUT2D eigenvalue weighted by molar-refractivity contribution is -0.130. The quantitative estimate of drug-likeness (QED) is 0.764. The molecule has 1 aromatic carbocycles. The number of hydrogen-bond donors (Lipinski definition) is 2. The van der Waals surface area contributed by atoms with Gasteiger partial charge in [-0.3, -0.25) is 14.3 Å². The summed E-state index contributed by atoms with van der Waals surface area (Å²) in [5.74, 6) is -0.565. The maximum absolute atomic E-state index is 12.1. The first-order valence-electron chi connectivity index (χ1n) is 7.59. The van der Waals surface area contributed by atoms with E-state index in [9.17, 15) is 18.0 Å². The van der Waals surface area contributed by atoms with Gasteiger partial charge in [0.25, 0.3) is 0 Å². The zero-order chi connectivity index (χ0) is 17.7. The van der Waals surface area contributed by atoms with Gasteiger partial charge in [-0.2, -0.15) is 0 Å². The molecule has 1 aliphatic heterocycles. The van der Waals surface area contributed by atoms with Crippen LogP contribution in [0.15, 0.2) is 30.3 Å². The van der Waals surface area contributed by atoms with Crippen LogP contribution >= 0.6 is 0 Å². The van der Waals surface area contributed by atoms with Gasteiger partial charge in [-0.05, 0) is 36.6 Å². The van der Waals surface area contributed by atoms with Crippen LogP contribution in [-0.2, 0) is 19.6 Å². The number of nitrogens with one attached hydrogen (secondary N) is 1. The zero-order valence-corrected chi connectivity index (χ0v) is 14.3. The standard InChI is InChI=1S/C16H21N3O4S/c1-24(22,23)18-14-5-2-12(3-6-14)4-7-15(20)19-10-8-13(9-11-19)16(17)21/h2-7,13,18H,8-11H2,1H3,(H2,17,21)/b7-4+. The number of piperidine rings is 1. The van der Waals surface area contributed by atoms with Crippen LogP contribution in [0.5, 0.6) is 0 Å². The van der Waals surface area contributed by atoms with Gasteiger partial charge in [0.1, 0.15) is 0 Å². The second-order valence-electron chi connectivity index (χ2n) is 5.83. The largest absolute Gasteiger partial charge is 0.369 e. The van der Waals surface area contributed by atoms with Gasteiger partial charge in [-0.25, -0.2) is 8.42 Å². The number of rotatable bonds is 5. The Labute approximate surface area is 141 Å². The number of benzene rings is 1. The zero-order valence-electron chi connectivity index (χ0n) is 13.4. The molecule has 1 aliphatic rings. The predicted octanol–water partition coefficient (Wildman–Crippen LogP) is 0.795. The third kappa shape index (κ3) is 5.38. The maximum Gasteiger partial charge on any atom is 0.246 e. The van der Waals surface area contributed by atoms with E-state index in [1.165, 1.54) is 6.08 Å². The summed E-state index contributed by atoms with van der Waals surface area (Å²) in [6, 6.07) is 6.69. The van der Waals surface area contributed by atoms with E-state index in [0.717, 1.165) is 11.8 Å². The third-order valence-corrected chi connectivity index (χ3v) is 4.45. The molecule has 24 heavy (non-hydrogen) atoms. The summed E-state index contributed by atoms with van der Waals surface area (Å²) in [6.45, 7) is 1.04. The van der Waals surface area contributed by atoms with Crippen LogP contribution in [0.3, 0.4) is 0 Å². The average molecular weight is 351 g/mol. The van der Waals surface area contributed by atoms with Gasteiger partial charge in [0, 0.05) is 30.8 Å². The van der Waals surface area contributed by atoms with Crippen molar-refractivity contribution in [2.24, 2.45) is 11.7 Å². The minimum Gasteiger partial charge on any atom is -0.369 e. The van der Waals surface area contributed by atoms with E-state index >= 15 is 0 Å². The van der Waals surface area contributed by atoms with E-state index in [1.807, 2.05) is 0 Å². The summed E-state index contributed by atoms with van der Waals surface area (Å²) in [5, 5.41) is 0. The number of carbonyl (C=O) groups is 2. The van der Waals surface area contributed by atoms with Gasteiger partial charge in [-0.15, -0.1) is 0 Å². The molecular weight excluding hydrogens is 330 g/mol. The molecule has 0 spiro atoms. The first-order chi connectivity index (χ1) is 11.2. The summed E-state index contributed by atoms with van der Waals surface area (Å²) < 4.78 is 24.6. The summed E-state index contributed by atoms with van der Waals surface area (Å²) in [4.78, 5) is 24.9. The van der Waals surface area contributed by atoms with Crippen LogP contribution in [0.25, 0.3) is 6.08 Å². The van der Waals surface area contributed by atoms with Crippen molar-refractivity contribution in [2.45, 2.75) is 12.8 Å². The second-order valence-corrected chi connectivity index (χ2v) is 7.58. The summed E-state index contributed by atoms with van der Waals surface area (Å²) in [6.07, 6.45) is 5.43.